The number of rotatable bonds is 2. The van der Waals surface area contributed by atoms with Crippen LogP contribution in [-0.2, 0) is 6.42 Å². The molecule has 1 aliphatic rings. The SMILES string of the molecule is COc1ccc(C2CCc3ccc(C)cc3O2)cc1. The Balaban J connectivity index is 1.84. The number of benzene rings is 2. The number of ether oxygens (including phenoxy) is 2. The summed E-state index contributed by atoms with van der Waals surface area (Å²) in [6.45, 7) is 2.10. The summed E-state index contributed by atoms with van der Waals surface area (Å²) in [7, 11) is 1.69. The Hall–Kier alpha value is -1.96. The Bertz CT molecular complexity index is 572. The largest absolute Gasteiger partial charge is 0.497 e. The van der Waals surface area contributed by atoms with Gasteiger partial charge in [-0.05, 0) is 54.7 Å². The summed E-state index contributed by atoms with van der Waals surface area (Å²) in [5.74, 6) is 1.92. The van der Waals surface area contributed by atoms with Gasteiger partial charge in [0.25, 0.3) is 0 Å². The third kappa shape index (κ3) is 2.43. The lowest BCUT2D eigenvalue weighted by molar-refractivity contribution is 0.176. The molecule has 0 saturated carbocycles. The molecule has 0 bridgehead atoms. The van der Waals surface area contributed by atoms with Gasteiger partial charge in [-0.3, -0.25) is 0 Å². The van der Waals surface area contributed by atoms with Gasteiger partial charge >= 0.3 is 0 Å². The summed E-state index contributed by atoms with van der Waals surface area (Å²) in [5, 5.41) is 0. The summed E-state index contributed by atoms with van der Waals surface area (Å²) < 4.78 is 11.3. The van der Waals surface area contributed by atoms with Gasteiger partial charge < -0.3 is 9.47 Å². The lowest BCUT2D eigenvalue weighted by atomic mass is 9.96. The van der Waals surface area contributed by atoms with Gasteiger partial charge in [-0.25, -0.2) is 0 Å². The highest BCUT2D eigenvalue weighted by atomic mass is 16.5. The summed E-state index contributed by atoms with van der Waals surface area (Å²) in [6.07, 6.45) is 2.26. The van der Waals surface area contributed by atoms with Crippen molar-refractivity contribution in [3.8, 4) is 11.5 Å². The highest BCUT2D eigenvalue weighted by Gasteiger charge is 2.21. The zero-order valence-corrected chi connectivity index (χ0v) is 11.3. The molecule has 1 aliphatic heterocycles. The first kappa shape index (κ1) is 12.1. The van der Waals surface area contributed by atoms with Crippen LogP contribution in [-0.4, -0.2) is 7.11 Å². The molecule has 0 aromatic heterocycles. The molecule has 2 aromatic rings. The van der Waals surface area contributed by atoms with E-state index in [9.17, 15) is 0 Å². The monoisotopic (exact) mass is 254 g/mol. The maximum Gasteiger partial charge on any atom is 0.124 e. The lowest BCUT2D eigenvalue weighted by Gasteiger charge is -2.26. The van der Waals surface area contributed by atoms with Gasteiger partial charge in [0.15, 0.2) is 0 Å². The van der Waals surface area contributed by atoms with Crippen LogP contribution in [0.5, 0.6) is 11.5 Å². The number of hydrogen-bond donors (Lipinski definition) is 0. The van der Waals surface area contributed by atoms with Crippen LogP contribution < -0.4 is 9.47 Å². The molecule has 0 fully saturated rings. The smallest absolute Gasteiger partial charge is 0.124 e. The molecule has 2 aromatic carbocycles. The van der Waals surface area contributed by atoms with Crippen LogP contribution in [0.2, 0.25) is 0 Å². The average molecular weight is 254 g/mol. The standard InChI is InChI=1S/C17H18O2/c1-12-3-4-14-7-10-16(19-17(14)11-12)13-5-8-15(18-2)9-6-13/h3-6,8-9,11,16H,7,10H2,1-2H3. The van der Waals surface area contributed by atoms with Gasteiger partial charge in [-0.2, -0.15) is 0 Å². The van der Waals surface area contributed by atoms with E-state index in [2.05, 4.69) is 37.3 Å². The van der Waals surface area contributed by atoms with Crippen molar-refractivity contribution in [2.24, 2.45) is 0 Å². The minimum atomic E-state index is 0.153. The van der Waals surface area contributed by atoms with Crippen molar-refractivity contribution < 1.29 is 9.47 Å². The Morgan fingerprint density at radius 1 is 1.11 bits per heavy atom. The maximum absolute atomic E-state index is 6.13. The van der Waals surface area contributed by atoms with Crippen molar-refractivity contribution in [3.05, 3.63) is 59.2 Å². The van der Waals surface area contributed by atoms with Crippen LogP contribution in [0.4, 0.5) is 0 Å². The molecule has 0 radical (unpaired) electrons. The molecule has 0 amide bonds. The maximum atomic E-state index is 6.13. The second kappa shape index (κ2) is 4.96. The third-order valence-electron chi connectivity index (χ3n) is 3.66. The fraction of sp³-hybridized carbons (Fsp3) is 0.294. The van der Waals surface area contributed by atoms with Crippen LogP contribution >= 0.6 is 0 Å². The van der Waals surface area contributed by atoms with E-state index < -0.39 is 0 Å². The molecular formula is C17H18O2. The molecule has 0 N–H and O–H groups in total. The molecule has 1 atom stereocenters. The van der Waals surface area contributed by atoms with Crippen molar-refractivity contribution in [1.29, 1.82) is 0 Å². The molecule has 0 aliphatic carbocycles. The van der Waals surface area contributed by atoms with E-state index in [1.165, 1.54) is 16.7 Å². The van der Waals surface area contributed by atoms with E-state index >= 15 is 0 Å². The summed E-state index contributed by atoms with van der Waals surface area (Å²) in [6, 6.07) is 14.6. The number of fused-ring (bicyclic) bond motifs is 1. The van der Waals surface area contributed by atoms with Gasteiger partial charge in [0.1, 0.15) is 17.6 Å². The molecule has 19 heavy (non-hydrogen) atoms. The molecule has 0 saturated heterocycles. The predicted octanol–water partition coefficient (Wildman–Crippen LogP) is 4.07. The van der Waals surface area contributed by atoms with Crippen molar-refractivity contribution in [2.45, 2.75) is 25.9 Å². The molecule has 2 heteroatoms. The van der Waals surface area contributed by atoms with Crippen LogP contribution in [0.25, 0.3) is 0 Å². The van der Waals surface area contributed by atoms with E-state index in [1.54, 1.807) is 7.11 Å². The van der Waals surface area contributed by atoms with E-state index in [1.807, 2.05) is 12.1 Å². The normalized spacial score (nSPS) is 17.5. The van der Waals surface area contributed by atoms with Crippen LogP contribution in [0, 0.1) is 6.92 Å². The van der Waals surface area contributed by atoms with E-state index in [0.717, 1.165) is 24.3 Å². The Labute approximate surface area is 114 Å². The molecule has 3 rings (SSSR count). The predicted molar refractivity (Wildman–Crippen MR) is 75.9 cm³/mol. The summed E-state index contributed by atoms with van der Waals surface area (Å²) in [4.78, 5) is 0. The number of methoxy groups -OCH3 is 1. The molecule has 1 heterocycles. The first-order valence-electron chi connectivity index (χ1n) is 6.66. The Morgan fingerprint density at radius 2 is 1.89 bits per heavy atom. The topological polar surface area (TPSA) is 18.5 Å². The molecule has 1 unspecified atom stereocenters. The second-order valence-electron chi connectivity index (χ2n) is 5.03. The minimum absolute atomic E-state index is 0.153. The first-order chi connectivity index (χ1) is 9.26. The lowest BCUT2D eigenvalue weighted by Crippen LogP contribution is -2.15. The van der Waals surface area contributed by atoms with Crippen molar-refractivity contribution in [1.82, 2.24) is 0 Å². The van der Waals surface area contributed by atoms with Crippen molar-refractivity contribution in [2.75, 3.05) is 7.11 Å². The van der Waals surface area contributed by atoms with Gasteiger partial charge in [0, 0.05) is 0 Å². The highest BCUT2D eigenvalue weighted by Crippen LogP contribution is 2.35. The van der Waals surface area contributed by atoms with Crippen LogP contribution in [0.1, 0.15) is 29.2 Å². The quantitative estimate of drug-likeness (QED) is 0.804. The Kier molecular flexibility index (Phi) is 3.16. The van der Waals surface area contributed by atoms with Crippen LogP contribution in [0.3, 0.4) is 0 Å². The summed E-state index contributed by atoms with van der Waals surface area (Å²) in [5.41, 5.74) is 3.78. The number of hydrogen-bond acceptors (Lipinski definition) is 2. The second-order valence-corrected chi connectivity index (χ2v) is 5.03. The highest BCUT2D eigenvalue weighted by molar-refractivity contribution is 5.40. The van der Waals surface area contributed by atoms with Gasteiger partial charge in [0.2, 0.25) is 0 Å². The fourth-order valence-electron chi connectivity index (χ4n) is 2.53. The van der Waals surface area contributed by atoms with Gasteiger partial charge in [-0.15, -0.1) is 0 Å². The zero-order chi connectivity index (χ0) is 13.2. The first-order valence-corrected chi connectivity index (χ1v) is 6.66. The average Bonchev–Trinajstić information content (AvgIpc) is 2.46. The molecule has 0 spiro atoms. The zero-order valence-electron chi connectivity index (χ0n) is 11.3. The van der Waals surface area contributed by atoms with Gasteiger partial charge in [-0.1, -0.05) is 24.3 Å². The van der Waals surface area contributed by atoms with E-state index in [0.29, 0.717) is 0 Å². The van der Waals surface area contributed by atoms with Crippen molar-refractivity contribution >= 4 is 0 Å². The fourth-order valence-corrected chi connectivity index (χ4v) is 2.53. The van der Waals surface area contributed by atoms with Crippen molar-refractivity contribution in [3.63, 3.8) is 0 Å². The number of aryl methyl sites for hydroxylation is 2. The van der Waals surface area contributed by atoms with Gasteiger partial charge in [0.05, 0.1) is 7.11 Å². The Morgan fingerprint density at radius 3 is 2.63 bits per heavy atom. The third-order valence-corrected chi connectivity index (χ3v) is 3.66. The van der Waals surface area contributed by atoms with Crippen LogP contribution in [0.15, 0.2) is 42.5 Å². The molecule has 98 valence electrons. The van der Waals surface area contributed by atoms with E-state index in [-0.39, 0.29) is 6.10 Å². The summed E-state index contributed by atoms with van der Waals surface area (Å²) >= 11 is 0. The minimum Gasteiger partial charge on any atom is -0.497 e. The molecule has 2 nitrogen and oxygen atoms in total. The molecular weight excluding hydrogens is 236 g/mol. The van der Waals surface area contributed by atoms with E-state index in [4.69, 9.17) is 9.47 Å².